The topological polar surface area (TPSA) is 53.6 Å². The van der Waals surface area contributed by atoms with Crippen LogP contribution in [0.1, 0.15) is 32.8 Å². The van der Waals surface area contributed by atoms with Gasteiger partial charge in [-0.1, -0.05) is 32.9 Å². The number of amides is 1. The Kier molecular flexibility index (Phi) is 7.06. The molecule has 2 rings (SSSR count). The van der Waals surface area contributed by atoms with Crippen molar-refractivity contribution in [3.63, 3.8) is 0 Å². The van der Waals surface area contributed by atoms with Crippen LogP contribution in [0.3, 0.4) is 0 Å². The molecule has 1 aliphatic rings. The Labute approximate surface area is 145 Å². The highest BCUT2D eigenvalue weighted by molar-refractivity contribution is 5.77. The van der Waals surface area contributed by atoms with E-state index >= 15 is 0 Å². The van der Waals surface area contributed by atoms with Gasteiger partial charge in [-0.15, -0.1) is 0 Å². The summed E-state index contributed by atoms with van der Waals surface area (Å²) >= 11 is 0. The SMILES string of the molecule is CC(C)(C)c1ccc(OCC(=O)NCCCN2CCNCC2)cc1. The molecule has 1 aromatic carbocycles. The monoisotopic (exact) mass is 333 g/mol. The van der Waals surface area contributed by atoms with Crippen molar-refractivity contribution in [3.8, 4) is 5.75 Å². The third-order valence-corrected chi connectivity index (χ3v) is 4.27. The number of rotatable bonds is 7. The molecule has 1 heterocycles. The number of benzene rings is 1. The Balaban J connectivity index is 1.60. The van der Waals surface area contributed by atoms with E-state index in [1.807, 2.05) is 12.1 Å². The zero-order valence-corrected chi connectivity index (χ0v) is 15.2. The van der Waals surface area contributed by atoms with E-state index in [2.05, 4.69) is 48.4 Å². The number of piperazine rings is 1. The minimum Gasteiger partial charge on any atom is -0.484 e. The highest BCUT2D eigenvalue weighted by Gasteiger charge is 2.13. The maximum absolute atomic E-state index is 11.8. The zero-order chi connectivity index (χ0) is 17.4. The Morgan fingerprint density at radius 1 is 1.21 bits per heavy atom. The first-order chi connectivity index (χ1) is 11.4. The molecule has 0 bridgehead atoms. The van der Waals surface area contributed by atoms with Crippen molar-refractivity contribution in [2.75, 3.05) is 45.9 Å². The maximum atomic E-state index is 11.8. The second-order valence-corrected chi connectivity index (χ2v) is 7.36. The maximum Gasteiger partial charge on any atom is 0.257 e. The normalized spacial score (nSPS) is 16.0. The summed E-state index contributed by atoms with van der Waals surface area (Å²) in [5, 5.41) is 6.26. The Morgan fingerprint density at radius 3 is 2.50 bits per heavy atom. The minimum atomic E-state index is -0.0600. The lowest BCUT2D eigenvalue weighted by Crippen LogP contribution is -2.44. The van der Waals surface area contributed by atoms with Gasteiger partial charge in [0, 0.05) is 32.7 Å². The fraction of sp³-hybridized carbons (Fsp3) is 0.632. The molecule has 0 spiro atoms. The molecular formula is C19H31N3O2. The molecule has 5 nitrogen and oxygen atoms in total. The molecule has 24 heavy (non-hydrogen) atoms. The Hall–Kier alpha value is -1.59. The van der Waals surface area contributed by atoms with E-state index in [0.717, 1.165) is 44.9 Å². The molecule has 1 fully saturated rings. The van der Waals surface area contributed by atoms with Crippen molar-refractivity contribution in [1.29, 1.82) is 0 Å². The summed E-state index contributed by atoms with van der Waals surface area (Å²) in [6.45, 7) is 12.7. The van der Waals surface area contributed by atoms with Gasteiger partial charge in [-0.3, -0.25) is 4.79 Å². The van der Waals surface area contributed by atoms with Gasteiger partial charge in [0.1, 0.15) is 5.75 Å². The second kappa shape index (κ2) is 9.04. The zero-order valence-electron chi connectivity index (χ0n) is 15.2. The van der Waals surface area contributed by atoms with Gasteiger partial charge in [0.05, 0.1) is 0 Å². The van der Waals surface area contributed by atoms with Gasteiger partial charge in [-0.25, -0.2) is 0 Å². The average Bonchev–Trinajstić information content (AvgIpc) is 2.57. The van der Waals surface area contributed by atoms with Crippen LogP contribution in [0.25, 0.3) is 0 Å². The molecule has 1 aromatic rings. The summed E-state index contributed by atoms with van der Waals surface area (Å²) < 4.78 is 5.55. The van der Waals surface area contributed by atoms with E-state index in [4.69, 9.17) is 4.74 Å². The third-order valence-electron chi connectivity index (χ3n) is 4.27. The molecule has 0 aromatic heterocycles. The van der Waals surface area contributed by atoms with Crippen molar-refractivity contribution in [2.45, 2.75) is 32.6 Å². The van der Waals surface area contributed by atoms with Crippen LogP contribution < -0.4 is 15.4 Å². The molecule has 0 unspecified atom stereocenters. The molecule has 0 radical (unpaired) electrons. The van der Waals surface area contributed by atoms with Crippen molar-refractivity contribution >= 4 is 5.91 Å². The number of carbonyl (C=O) groups is 1. The van der Waals surface area contributed by atoms with Crippen molar-refractivity contribution in [3.05, 3.63) is 29.8 Å². The van der Waals surface area contributed by atoms with Gasteiger partial charge in [0.25, 0.3) is 5.91 Å². The highest BCUT2D eigenvalue weighted by Crippen LogP contribution is 2.24. The molecule has 134 valence electrons. The summed E-state index contributed by atoms with van der Waals surface area (Å²) in [6, 6.07) is 7.97. The fourth-order valence-electron chi connectivity index (χ4n) is 2.72. The lowest BCUT2D eigenvalue weighted by Gasteiger charge is -2.27. The van der Waals surface area contributed by atoms with Crippen LogP contribution in [-0.4, -0.2) is 56.7 Å². The van der Waals surface area contributed by atoms with Gasteiger partial charge >= 0.3 is 0 Å². The third kappa shape index (κ3) is 6.49. The minimum absolute atomic E-state index is 0.0600. The molecule has 1 amide bonds. The lowest BCUT2D eigenvalue weighted by molar-refractivity contribution is -0.123. The number of nitrogens with zero attached hydrogens (tertiary/aromatic N) is 1. The summed E-state index contributed by atoms with van der Waals surface area (Å²) in [7, 11) is 0. The first-order valence-electron chi connectivity index (χ1n) is 8.88. The summed E-state index contributed by atoms with van der Waals surface area (Å²) in [4.78, 5) is 14.3. The predicted molar refractivity (Wildman–Crippen MR) is 97.6 cm³/mol. The Bertz CT molecular complexity index is 502. The molecule has 1 aliphatic heterocycles. The molecule has 0 aliphatic carbocycles. The molecule has 0 atom stereocenters. The molecule has 2 N–H and O–H groups in total. The van der Waals surface area contributed by atoms with Gasteiger partial charge in [0.15, 0.2) is 6.61 Å². The van der Waals surface area contributed by atoms with Crippen LogP contribution >= 0.6 is 0 Å². The first-order valence-corrected chi connectivity index (χ1v) is 8.88. The molecule has 0 saturated carbocycles. The summed E-state index contributed by atoms with van der Waals surface area (Å²) in [6.07, 6.45) is 0.978. The molecule has 5 heteroatoms. The number of carbonyl (C=O) groups excluding carboxylic acids is 1. The quantitative estimate of drug-likeness (QED) is 0.747. The lowest BCUT2D eigenvalue weighted by atomic mass is 9.87. The van der Waals surface area contributed by atoms with Crippen LogP contribution in [0, 0.1) is 0 Å². The standard InChI is InChI=1S/C19H31N3O2/c1-19(2,3)16-5-7-17(8-6-16)24-15-18(23)21-9-4-12-22-13-10-20-11-14-22/h5-8,20H,4,9-15H2,1-3H3,(H,21,23). The largest absolute Gasteiger partial charge is 0.484 e. The van der Waals surface area contributed by atoms with Crippen LogP contribution in [0.5, 0.6) is 5.75 Å². The predicted octanol–water partition coefficient (Wildman–Crippen LogP) is 1.77. The number of nitrogens with one attached hydrogen (secondary N) is 2. The van der Waals surface area contributed by atoms with Crippen LogP contribution in [0.15, 0.2) is 24.3 Å². The van der Waals surface area contributed by atoms with Crippen LogP contribution in [-0.2, 0) is 10.2 Å². The fourth-order valence-corrected chi connectivity index (χ4v) is 2.72. The number of ether oxygens (including phenoxy) is 1. The van der Waals surface area contributed by atoms with Gasteiger partial charge < -0.3 is 20.3 Å². The van der Waals surface area contributed by atoms with Gasteiger partial charge in [0.2, 0.25) is 0 Å². The van der Waals surface area contributed by atoms with E-state index in [1.54, 1.807) is 0 Å². The van der Waals surface area contributed by atoms with Crippen LogP contribution in [0.4, 0.5) is 0 Å². The molecule has 1 saturated heterocycles. The van der Waals surface area contributed by atoms with E-state index in [-0.39, 0.29) is 17.9 Å². The van der Waals surface area contributed by atoms with Crippen LogP contribution in [0.2, 0.25) is 0 Å². The van der Waals surface area contributed by atoms with E-state index in [1.165, 1.54) is 5.56 Å². The summed E-state index contributed by atoms with van der Waals surface area (Å²) in [5.41, 5.74) is 1.38. The van der Waals surface area contributed by atoms with Crippen molar-refractivity contribution < 1.29 is 9.53 Å². The second-order valence-electron chi connectivity index (χ2n) is 7.36. The summed E-state index contributed by atoms with van der Waals surface area (Å²) in [5.74, 6) is 0.675. The van der Waals surface area contributed by atoms with Gasteiger partial charge in [-0.2, -0.15) is 0 Å². The van der Waals surface area contributed by atoms with E-state index < -0.39 is 0 Å². The van der Waals surface area contributed by atoms with E-state index in [0.29, 0.717) is 6.54 Å². The van der Waals surface area contributed by atoms with Crippen molar-refractivity contribution in [2.24, 2.45) is 0 Å². The molecular weight excluding hydrogens is 302 g/mol. The highest BCUT2D eigenvalue weighted by atomic mass is 16.5. The van der Waals surface area contributed by atoms with Gasteiger partial charge in [-0.05, 0) is 36.1 Å². The Morgan fingerprint density at radius 2 is 1.88 bits per heavy atom. The first kappa shape index (κ1) is 18.7. The number of hydrogen-bond acceptors (Lipinski definition) is 4. The smallest absolute Gasteiger partial charge is 0.257 e. The average molecular weight is 333 g/mol. The van der Waals surface area contributed by atoms with Crippen molar-refractivity contribution in [1.82, 2.24) is 15.5 Å². The number of hydrogen-bond donors (Lipinski definition) is 2. The van der Waals surface area contributed by atoms with E-state index in [9.17, 15) is 4.79 Å².